The molecule has 156 valence electrons. The van der Waals surface area contributed by atoms with Crippen LogP contribution < -0.4 is 0 Å². The maximum atomic E-state index is 4.88. The maximum absolute atomic E-state index is 4.88. The second kappa shape index (κ2) is 7.46. The monoisotopic (exact) mass is 423 g/mol. The highest BCUT2D eigenvalue weighted by Crippen LogP contribution is 2.41. The lowest BCUT2D eigenvalue weighted by Gasteiger charge is -2.22. The first-order valence-electron chi connectivity index (χ1n) is 11.1. The van der Waals surface area contributed by atoms with Gasteiger partial charge in [-0.2, -0.15) is 0 Å². The molecular formula is C29H29NS. The molecule has 0 saturated carbocycles. The number of thiophene rings is 1. The molecule has 2 heteroatoms. The number of pyridine rings is 1. The van der Waals surface area contributed by atoms with Crippen molar-refractivity contribution in [2.45, 2.75) is 46.5 Å². The van der Waals surface area contributed by atoms with Crippen LogP contribution in [0.5, 0.6) is 0 Å². The van der Waals surface area contributed by atoms with Crippen molar-refractivity contribution in [3.63, 3.8) is 0 Å². The summed E-state index contributed by atoms with van der Waals surface area (Å²) in [6.07, 6.45) is 3.09. The average molecular weight is 424 g/mol. The van der Waals surface area contributed by atoms with E-state index < -0.39 is 0 Å². The Bertz CT molecular complexity index is 1420. The van der Waals surface area contributed by atoms with Crippen LogP contribution in [-0.4, -0.2) is 4.98 Å². The first-order valence-corrected chi connectivity index (χ1v) is 12.0. The highest BCUT2D eigenvalue weighted by molar-refractivity contribution is 7.26. The summed E-state index contributed by atoms with van der Waals surface area (Å²) < 4.78 is 2.63. The molecule has 0 aliphatic rings. The molecule has 0 atom stereocenters. The molecule has 0 aliphatic heterocycles. The van der Waals surface area contributed by atoms with Gasteiger partial charge in [0.1, 0.15) is 0 Å². The third-order valence-corrected chi connectivity index (χ3v) is 7.23. The molecule has 0 aliphatic carbocycles. The molecule has 2 heterocycles. The minimum absolute atomic E-state index is 0.0649. The van der Waals surface area contributed by atoms with E-state index in [0.717, 1.165) is 12.1 Å². The summed E-state index contributed by atoms with van der Waals surface area (Å²) in [5, 5.41) is 5.30. The van der Waals surface area contributed by atoms with Crippen molar-refractivity contribution in [3.8, 4) is 11.3 Å². The number of aromatic nitrogens is 1. The number of rotatable bonds is 3. The van der Waals surface area contributed by atoms with Crippen LogP contribution in [0.3, 0.4) is 0 Å². The second-order valence-corrected chi connectivity index (χ2v) is 11.1. The Morgan fingerprint density at radius 1 is 0.871 bits per heavy atom. The van der Waals surface area contributed by atoms with Gasteiger partial charge in [0.2, 0.25) is 0 Å². The summed E-state index contributed by atoms with van der Waals surface area (Å²) in [6.45, 7) is 11.4. The fourth-order valence-corrected chi connectivity index (χ4v) is 5.81. The van der Waals surface area contributed by atoms with Gasteiger partial charge in [-0.05, 0) is 70.0 Å². The van der Waals surface area contributed by atoms with E-state index in [1.165, 1.54) is 47.6 Å². The molecule has 5 aromatic rings. The van der Waals surface area contributed by atoms with Gasteiger partial charge in [0.25, 0.3) is 0 Å². The van der Waals surface area contributed by atoms with Gasteiger partial charge in [-0.25, -0.2) is 0 Å². The minimum atomic E-state index is 0.0649. The predicted octanol–water partition coefficient (Wildman–Crippen LogP) is 8.77. The number of hydrogen-bond acceptors (Lipinski definition) is 2. The summed E-state index contributed by atoms with van der Waals surface area (Å²) in [4.78, 5) is 4.88. The van der Waals surface area contributed by atoms with Gasteiger partial charge in [0.15, 0.2) is 0 Å². The van der Waals surface area contributed by atoms with Gasteiger partial charge < -0.3 is 0 Å². The minimum Gasteiger partial charge on any atom is -0.255 e. The van der Waals surface area contributed by atoms with Crippen LogP contribution in [0.2, 0.25) is 0 Å². The summed E-state index contributed by atoms with van der Waals surface area (Å²) in [5.74, 6) is 0.660. The SMILES string of the molecule is CC(C)Cc1ccc2sc3c(-c4cc(C(C)(C)C)c5ccccc5c4)nccc3c2c1. The zero-order chi connectivity index (χ0) is 21.8. The van der Waals surface area contributed by atoms with E-state index in [1.54, 1.807) is 0 Å². The molecule has 0 bridgehead atoms. The molecule has 0 saturated heterocycles. The van der Waals surface area contributed by atoms with Crippen LogP contribution >= 0.6 is 11.3 Å². The molecule has 31 heavy (non-hydrogen) atoms. The number of nitrogens with zero attached hydrogens (tertiary/aromatic N) is 1. The van der Waals surface area contributed by atoms with Crippen molar-refractivity contribution in [3.05, 3.63) is 78.0 Å². The topological polar surface area (TPSA) is 12.9 Å². The Morgan fingerprint density at radius 3 is 2.45 bits per heavy atom. The molecule has 0 amide bonds. The van der Waals surface area contributed by atoms with Crippen molar-refractivity contribution in [1.29, 1.82) is 0 Å². The van der Waals surface area contributed by atoms with Crippen molar-refractivity contribution in [2.75, 3.05) is 0 Å². The second-order valence-electron chi connectivity index (χ2n) is 10.1. The Morgan fingerprint density at radius 2 is 1.68 bits per heavy atom. The predicted molar refractivity (Wildman–Crippen MR) is 137 cm³/mol. The van der Waals surface area contributed by atoms with Crippen molar-refractivity contribution < 1.29 is 0 Å². The lowest BCUT2D eigenvalue weighted by molar-refractivity contribution is 0.596. The zero-order valence-electron chi connectivity index (χ0n) is 19.0. The third kappa shape index (κ3) is 3.64. The lowest BCUT2D eigenvalue weighted by atomic mass is 9.82. The molecule has 0 spiro atoms. The van der Waals surface area contributed by atoms with Gasteiger partial charge in [0.05, 0.1) is 10.4 Å². The average Bonchev–Trinajstić information content (AvgIpc) is 3.10. The van der Waals surface area contributed by atoms with Gasteiger partial charge in [-0.3, -0.25) is 4.98 Å². The number of fused-ring (bicyclic) bond motifs is 4. The third-order valence-electron chi connectivity index (χ3n) is 6.04. The molecule has 0 radical (unpaired) electrons. The number of benzene rings is 3. The van der Waals surface area contributed by atoms with Crippen molar-refractivity contribution in [1.82, 2.24) is 4.98 Å². The largest absolute Gasteiger partial charge is 0.255 e. The van der Waals surface area contributed by atoms with Crippen molar-refractivity contribution in [2.24, 2.45) is 5.92 Å². The highest BCUT2D eigenvalue weighted by atomic mass is 32.1. The molecule has 2 aromatic heterocycles. The van der Waals surface area contributed by atoms with Crippen molar-refractivity contribution >= 4 is 42.3 Å². The fourth-order valence-electron chi connectivity index (χ4n) is 4.62. The fraction of sp³-hybridized carbons (Fsp3) is 0.276. The van der Waals surface area contributed by atoms with E-state index >= 15 is 0 Å². The Kier molecular flexibility index (Phi) is 4.86. The van der Waals surface area contributed by atoms with E-state index in [1.807, 2.05) is 17.5 Å². The molecular weight excluding hydrogens is 394 g/mol. The first-order chi connectivity index (χ1) is 14.8. The van der Waals surface area contributed by atoms with E-state index in [4.69, 9.17) is 4.98 Å². The molecule has 0 fully saturated rings. The molecule has 1 nitrogen and oxygen atoms in total. The van der Waals surface area contributed by atoms with Gasteiger partial charge in [-0.1, -0.05) is 65.0 Å². The smallest absolute Gasteiger partial charge is 0.0880 e. The van der Waals surface area contributed by atoms with Gasteiger partial charge in [-0.15, -0.1) is 11.3 Å². The van der Waals surface area contributed by atoms with Gasteiger partial charge >= 0.3 is 0 Å². The summed E-state index contributed by atoms with van der Waals surface area (Å²) in [6, 6.07) is 22.5. The van der Waals surface area contributed by atoms with E-state index in [9.17, 15) is 0 Å². The van der Waals surface area contributed by atoms with Crippen LogP contribution in [0.4, 0.5) is 0 Å². The Balaban J connectivity index is 1.76. The zero-order valence-corrected chi connectivity index (χ0v) is 19.8. The van der Waals surface area contributed by atoms with Gasteiger partial charge in [0, 0.05) is 27.2 Å². The van der Waals surface area contributed by atoms with Crippen LogP contribution in [-0.2, 0) is 11.8 Å². The Labute approximate surface area is 188 Å². The van der Waals surface area contributed by atoms with Crippen LogP contribution in [0, 0.1) is 5.92 Å². The highest BCUT2D eigenvalue weighted by Gasteiger charge is 2.20. The quantitative estimate of drug-likeness (QED) is 0.282. The van der Waals surface area contributed by atoms with E-state index in [2.05, 4.69) is 95.3 Å². The Hall–Kier alpha value is -2.71. The van der Waals surface area contributed by atoms with Crippen LogP contribution in [0.15, 0.2) is 66.9 Å². The van der Waals surface area contributed by atoms with E-state index in [-0.39, 0.29) is 5.41 Å². The lowest BCUT2D eigenvalue weighted by Crippen LogP contribution is -2.12. The summed E-state index contributed by atoms with van der Waals surface area (Å²) >= 11 is 1.87. The first kappa shape index (κ1) is 20.2. The van der Waals surface area contributed by atoms with E-state index in [0.29, 0.717) is 5.92 Å². The maximum Gasteiger partial charge on any atom is 0.0880 e. The molecule has 5 rings (SSSR count). The molecule has 0 N–H and O–H groups in total. The molecule has 0 unspecified atom stereocenters. The molecule has 3 aromatic carbocycles. The standard InChI is InChI=1S/C29H29NS/c1-18(2)14-19-10-11-26-24(15-19)23-12-13-30-27(28(23)31-26)21-16-20-8-6-7-9-22(20)25(17-21)29(3,4)5/h6-13,15-18H,14H2,1-5H3. The van der Waals surface area contributed by atoms with Crippen LogP contribution in [0.1, 0.15) is 45.7 Å². The normalized spacial score (nSPS) is 12.5. The number of hydrogen-bond donors (Lipinski definition) is 0. The summed E-state index contributed by atoms with van der Waals surface area (Å²) in [7, 11) is 0. The van der Waals surface area contributed by atoms with Crippen LogP contribution in [0.25, 0.3) is 42.2 Å². The summed E-state index contributed by atoms with van der Waals surface area (Å²) in [5.41, 5.74) is 5.17.